The van der Waals surface area contributed by atoms with Crippen LogP contribution in [0.25, 0.3) is 10.9 Å². The molecule has 8 heteroatoms. The molecule has 1 aliphatic rings. The maximum atomic E-state index is 14.2. The molecule has 1 aromatic heterocycles. The van der Waals surface area contributed by atoms with Crippen molar-refractivity contribution in [2.24, 2.45) is 5.92 Å². The van der Waals surface area contributed by atoms with Gasteiger partial charge in [0.2, 0.25) is 11.8 Å². The number of carbonyl (C=O) groups excluding carboxylic acids is 3. The Morgan fingerprint density at radius 2 is 1.89 bits per heavy atom. The van der Waals surface area contributed by atoms with E-state index in [2.05, 4.69) is 24.5 Å². The average molecular weight is 491 g/mol. The molecule has 1 aliphatic heterocycles. The number of rotatable bonds is 8. The number of nitrogens with one attached hydrogen (secondary N) is 2. The molecular formula is C28H34N4O4. The molecule has 2 heterocycles. The summed E-state index contributed by atoms with van der Waals surface area (Å²) in [5.74, 6) is 0.336. The van der Waals surface area contributed by atoms with Crippen molar-refractivity contribution in [3.05, 3.63) is 59.8 Å². The van der Waals surface area contributed by atoms with Crippen LogP contribution in [0.15, 0.2) is 48.5 Å². The summed E-state index contributed by atoms with van der Waals surface area (Å²) in [5.41, 5.74) is 1.34. The zero-order valence-electron chi connectivity index (χ0n) is 21.6. The van der Waals surface area contributed by atoms with Crippen molar-refractivity contribution in [2.75, 3.05) is 19.0 Å². The van der Waals surface area contributed by atoms with Crippen LogP contribution in [0.2, 0.25) is 0 Å². The van der Waals surface area contributed by atoms with Crippen molar-refractivity contribution < 1.29 is 19.1 Å². The van der Waals surface area contributed by atoms with Gasteiger partial charge in [-0.3, -0.25) is 14.4 Å². The first-order chi connectivity index (χ1) is 17.2. The van der Waals surface area contributed by atoms with E-state index in [9.17, 15) is 14.4 Å². The fourth-order valence-corrected chi connectivity index (χ4v) is 4.80. The zero-order valence-corrected chi connectivity index (χ0v) is 21.6. The highest BCUT2D eigenvalue weighted by molar-refractivity contribution is 6.14. The summed E-state index contributed by atoms with van der Waals surface area (Å²) in [6.45, 7) is 8.45. The largest absolute Gasteiger partial charge is 0.497 e. The molecule has 3 amide bonds. The number of hydrogen-bond donors (Lipinski definition) is 2. The van der Waals surface area contributed by atoms with Crippen LogP contribution in [-0.4, -0.2) is 46.4 Å². The minimum absolute atomic E-state index is 0.205. The molecule has 8 nitrogen and oxygen atoms in total. The predicted octanol–water partition coefficient (Wildman–Crippen LogP) is 4.19. The molecule has 3 aromatic rings. The number of aromatic nitrogens is 1. The van der Waals surface area contributed by atoms with Crippen LogP contribution >= 0.6 is 0 Å². The highest BCUT2D eigenvalue weighted by Gasteiger charge is 2.48. The van der Waals surface area contributed by atoms with E-state index < -0.39 is 5.54 Å². The number of ether oxygens (including phenoxy) is 1. The number of hydrogen-bond acceptors (Lipinski definition) is 4. The number of carbonyl (C=O) groups is 3. The lowest BCUT2D eigenvalue weighted by Gasteiger charge is -2.44. The zero-order chi connectivity index (χ0) is 26.0. The van der Waals surface area contributed by atoms with Crippen molar-refractivity contribution in [2.45, 2.75) is 52.7 Å². The van der Waals surface area contributed by atoms with Gasteiger partial charge < -0.3 is 24.8 Å². The van der Waals surface area contributed by atoms with E-state index in [1.54, 1.807) is 12.0 Å². The van der Waals surface area contributed by atoms with Crippen molar-refractivity contribution in [1.82, 2.24) is 14.8 Å². The quantitative estimate of drug-likeness (QED) is 0.495. The Kier molecular flexibility index (Phi) is 7.06. The average Bonchev–Trinajstić information content (AvgIpc) is 3.14. The number of amides is 3. The first kappa shape index (κ1) is 25.3. The van der Waals surface area contributed by atoms with Crippen LogP contribution < -0.4 is 15.4 Å². The number of anilines is 1. The Balaban J connectivity index is 1.84. The topological polar surface area (TPSA) is 92.7 Å². The Bertz CT molecular complexity index is 1310. The molecule has 1 atom stereocenters. The van der Waals surface area contributed by atoms with Crippen molar-refractivity contribution in [3.63, 3.8) is 0 Å². The van der Waals surface area contributed by atoms with Crippen LogP contribution in [0.1, 0.15) is 50.2 Å². The summed E-state index contributed by atoms with van der Waals surface area (Å²) in [6.07, 6.45) is 0.843. The molecule has 36 heavy (non-hydrogen) atoms. The van der Waals surface area contributed by atoms with Gasteiger partial charge in [-0.05, 0) is 43.0 Å². The van der Waals surface area contributed by atoms with Crippen LogP contribution in [0.4, 0.5) is 5.69 Å². The Morgan fingerprint density at radius 1 is 1.14 bits per heavy atom. The minimum Gasteiger partial charge on any atom is -0.497 e. The van der Waals surface area contributed by atoms with Gasteiger partial charge in [-0.15, -0.1) is 0 Å². The molecule has 0 spiro atoms. The van der Waals surface area contributed by atoms with Crippen molar-refractivity contribution in [1.29, 1.82) is 0 Å². The van der Waals surface area contributed by atoms with Gasteiger partial charge in [0.15, 0.2) is 0 Å². The van der Waals surface area contributed by atoms with E-state index >= 15 is 0 Å². The molecule has 0 aliphatic carbocycles. The Hall–Kier alpha value is -3.81. The van der Waals surface area contributed by atoms with Crippen LogP contribution in [-0.2, 0) is 22.7 Å². The van der Waals surface area contributed by atoms with Gasteiger partial charge in [0.25, 0.3) is 5.91 Å². The Morgan fingerprint density at radius 3 is 2.58 bits per heavy atom. The summed E-state index contributed by atoms with van der Waals surface area (Å²) in [4.78, 5) is 41.6. The SMILES string of the molecule is COc1cccc(CN2C(=O)c3c(NC(C)=O)c4ccccc4n3C[C@@]2(C)C(=O)NCCC(C)C)c1. The van der Waals surface area contributed by atoms with Gasteiger partial charge in [-0.1, -0.05) is 44.2 Å². The Labute approximate surface area is 211 Å². The number of fused-ring (bicyclic) bond motifs is 3. The highest BCUT2D eigenvalue weighted by Crippen LogP contribution is 2.39. The fourth-order valence-electron chi connectivity index (χ4n) is 4.80. The van der Waals surface area contributed by atoms with Gasteiger partial charge in [-0.25, -0.2) is 0 Å². The van der Waals surface area contributed by atoms with E-state index in [0.29, 0.717) is 29.6 Å². The summed E-state index contributed by atoms with van der Waals surface area (Å²) in [5, 5.41) is 6.69. The van der Waals surface area contributed by atoms with Crippen molar-refractivity contribution in [3.8, 4) is 5.75 Å². The fraction of sp³-hybridized carbons (Fsp3) is 0.393. The van der Waals surface area contributed by atoms with Crippen molar-refractivity contribution >= 4 is 34.3 Å². The molecule has 190 valence electrons. The molecule has 0 saturated heterocycles. The van der Waals surface area contributed by atoms with E-state index in [4.69, 9.17) is 4.74 Å². The number of methoxy groups -OCH3 is 1. The molecule has 0 bridgehead atoms. The van der Waals surface area contributed by atoms with Crippen LogP contribution in [0.5, 0.6) is 5.75 Å². The number of benzene rings is 2. The molecule has 4 rings (SSSR count). The normalized spacial score (nSPS) is 17.3. The van der Waals surface area contributed by atoms with Gasteiger partial charge in [0.1, 0.15) is 17.0 Å². The highest BCUT2D eigenvalue weighted by atomic mass is 16.5. The molecule has 2 aromatic carbocycles. The second kappa shape index (κ2) is 10.0. The minimum atomic E-state index is -1.15. The lowest BCUT2D eigenvalue weighted by atomic mass is 9.93. The summed E-state index contributed by atoms with van der Waals surface area (Å²) < 4.78 is 7.24. The molecule has 0 radical (unpaired) electrons. The first-order valence-electron chi connectivity index (χ1n) is 12.3. The van der Waals surface area contributed by atoms with Crippen LogP contribution in [0.3, 0.4) is 0 Å². The molecule has 2 N–H and O–H groups in total. The summed E-state index contributed by atoms with van der Waals surface area (Å²) in [7, 11) is 1.59. The summed E-state index contributed by atoms with van der Waals surface area (Å²) >= 11 is 0. The smallest absolute Gasteiger partial charge is 0.273 e. The molecule has 0 fully saturated rings. The maximum Gasteiger partial charge on any atom is 0.273 e. The van der Waals surface area contributed by atoms with E-state index in [1.165, 1.54) is 6.92 Å². The molecule has 0 unspecified atom stereocenters. The van der Waals surface area contributed by atoms with E-state index in [1.807, 2.05) is 60.0 Å². The van der Waals surface area contributed by atoms with Crippen LogP contribution in [0, 0.1) is 5.92 Å². The molecular weight excluding hydrogens is 456 g/mol. The standard InChI is InChI=1S/C28H34N4O4/c1-18(2)13-14-29-27(35)28(4)17-31-23-12-7-6-11-22(23)24(30-19(3)33)25(31)26(34)32(28)16-20-9-8-10-21(15-20)36-5/h6-12,15,18H,13-14,16-17H2,1-5H3,(H,29,35)(H,30,33)/t28-/m0/s1. The van der Waals surface area contributed by atoms with Gasteiger partial charge in [-0.2, -0.15) is 0 Å². The number of para-hydroxylation sites is 1. The predicted molar refractivity (Wildman–Crippen MR) is 140 cm³/mol. The lowest BCUT2D eigenvalue weighted by molar-refractivity contribution is -0.133. The maximum absolute atomic E-state index is 14.2. The molecule has 0 saturated carbocycles. The van der Waals surface area contributed by atoms with E-state index in [-0.39, 0.29) is 30.8 Å². The second-order valence-electron chi connectivity index (χ2n) is 9.96. The lowest BCUT2D eigenvalue weighted by Crippen LogP contribution is -2.63. The summed E-state index contributed by atoms with van der Waals surface area (Å²) in [6, 6.07) is 15.0. The first-order valence-corrected chi connectivity index (χ1v) is 12.3. The van der Waals surface area contributed by atoms with E-state index in [0.717, 1.165) is 22.9 Å². The third-order valence-electron chi connectivity index (χ3n) is 6.75. The second-order valence-corrected chi connectivity index (χ2v) is 9.96. The monoisotopic (exact) mass is 490 g/mol. The third kappa shape index (κ3) is 4.67. The third-order valence-corrected chi connectivity index (χ3v) is 6.75. The van der Waals surface area contributed by atoms with Gasteiger partial charge >= 0.3 is 0 Å². The van der Waals surface area contributed by atoms with Gasteiger partial charge in [0.05, 0.1) is 24.9 Å². The number of nitrogens with zero attached hydrogens (tertiary/aromatic N) is 2. The van der Waals surface area contributed by atoms with Gasteiger partial charge in [0, 0.05) is 25.4 Å².